The van der Waals surface area contributed by atoms with Gasteiger partial charge in [0, 0.05) is 32.8 Å². The van der Waals surface area contributed by atoms with Gasteiger partial charge in [0.15, 0.2) is 0 Å². The van der Waals surface area contributed by atoms with Crippen LogP contribution in [0.1, 0.15) is 24.3 Å². The van der Waals surface area contributed by atoms with Gasteiger partial charge in [-0.25, -0.2) is 4.39 Å². The molecule has 0 bridgehead atoms. The summed E-state index contributed by atoms with van der Waals surface area (Å²) in [6, 6.07) is 6.55. The summed E-state index contributed by atoms with van der Waals surface area (Å²) in [4.78, 5) is 0. The fourth-order valence-corrected chi connectivity index (χ4v) is 1.78. The molecule has 0 amide bonds. The largest absolute Gasteiger partial charge is 0.396 e. The minimum Gasteiger partial charge on any atom is -0.396 e. The van der Waals surface area contributed by atoms with Gasteiger partial charge in [0.25, 0.3) is 0 Å². The lowest BCUT2D eigenvalue weighted by molar-refractivity contribution is 0.0934. The molecule has 0 aliphatic heterocycles. The minimum absolute atomic E-state index is 0.0671. The van der Waals surface area contributed by atoms with Crippen molar-refractivity contribution in [1.29, 1.82) is 0 Å². The maximum Gasteiger partial charge on any atom is 0.126 e. The fourth-order valence-electron chi connectivity index (χ4n) is 1.78. The van der Waals surface area contributed by atoms with E-state index in [1.54, 1.807) is 25.3 Å². The van der Waals surface area contributed by atoms with Crippen molar-refractivity contribution >= 4 is 0 Å². The molecule has 0 fully saturated rings. The predicted octanol–water partition coefficient (Wildman–Crippen LogP) is 2.34. The Morgan fingerprint density at radius 2 is 2.00 bits per heavy atom. The van der Waals surface area contributed by atoms with E-state index in [2.05, 4.69) is 0 Å². The Morgan fingerprint density at radius 1 is 1.22 bits per heavy atom. The number of ether oxygens (including phenoxy) is 2. The second-order valence-corrected chi connectivity index (χ2v) is 4.15. The van der Waals surface area contributed by atoms with Gasteiger partial charge in [-0.15, -0.1) is 0 Å². The predicted molar refractivity (Wildman–Crippen MR) is 68.2 cm³/mol. The molecule has 0 radical (unpaired) electrons. The minimum atomic E-state index is -0.268. The number of methoxy groups -OCH3 is 1. The van der Waals surface area contributed by atoms with E-state index in [-0.39, 0.29) is 18.3 Å². The Hall–Kier alpha value is -0.970. The fraction of sp³-hybridized carbons (Fsp3) is 0.571. The molecule has 1 rings (SSSR count). The van der Waals surface area contributed by atoms with E-state index in [4.69, 9.17) is 9.47 Å². The lowest BCUT2D eigenvalue weighted by atomic mass is 9.96. The van der Waals surface area contributed by atoms with E-state index >= 15 is 0 Å². The Morgan fingerprint density at radius 3 is 2.67 bits per heavy atom. The first-order valence-corrected chi connectivity index (χ1v) is 6.21. The highest BCUT2D eigenvalue weighted by atomic mass is 19.1. The Labute approximate surface area is 108 Å². The molecule has 1 aromatic carbocycles. The van der Waals surface area contributed by atoms with E-state index in [9.17, 15) is 9.50 Å². The van der Waals surface area contributed by atoms with Crippen LogP contribution in [0.3, 0.4) is 0 Å². The first-order chi connectivity index (χ1) is 8.79. The molecule has 1 unspecified atom stereocenters. The zero-order valence-corrected chi connectivity index (χ0v) is 10.8. The molecule has 1 atom stereocenters. The van der Waals surface area contributed by atoms with Crippen LogP contribution >= 0.6 is 0 Å². The van der Waals surface area contributed by atoms with Crippen LogP contribution in [0.4, 0.5) is 4.39 Å². The number of aliphatic hydroxyl groups excluding tert-OH is 1. The van der Waals surface area contributed by atoms with Crippen molar-refractivity contribution in [2.75, 3.05) is 33.5 Å². The quantitative estimate of drug-likeness (QED) is 0.689. The van der Waals surface area contributed by atoms with Gasteiger partial charge >= 0.3 is 0 Å². The molecule has 0 spiro atoms. The molecule has 1 N–H and O–H groups in total. The smallest absolute Gasteiger partial charge is 0.126 e. The topological polar surface area (TPSA) is 38.7 Å². The third kappa shape index (κ3) is 5.12. The Balaban J connectivity index is 2.32. The third-order valence-corrected chi connectivity index (χ3v) is 2.81. The molecule has 0 heterocycles. The molecule has 0 aliphatic carbocycles. The summed E-state index contributed by atoms with van der Waals surface area (Å²) in [5.74, 6) is -0.468. The summed E-state index contributed by atoms with van der Waals surface area (Å²) in [6.07, 6.45) is 1.46. The third-order valence-electron chi connectivity index (χ3n) is 2.81. The monoisotopic (exact) mass is 256 g/mol. The standard InChI is InChI=1S/C14H21FO3/c1-17-8-4-9-18-10-7-12(11-16)13-5-2-3-6-14(13)15/h2-3,5-6,12,16H,4,7-11H2,1H3. The number of aliphatic hydroxyl groups is 1. The van der Waals surface area contributed by atoms with Gasteiger partial charge in [-0.1, -0.05) is 18.2 Å². The Kier molecular flexibility index (Phi) is 7.57. The summed E-state index contributed by atoms with van der Waals surface area (Å²) in [5, 5.41) is 9.30. The van der Waals surface area contributed by atoms with Crippen LogP contribution in [0.25, 0.3) is 0 Å². The molecule has 0 aromatic heterocycles. The van der Waals surface area contributed by atoms with Gasteiger partial charge in [0.05, 0.1) is 6.61 Å². The van der Waals surface area contributed by atoms with Gasteiger partial charge in [0.1, 0.15) is 5.82 Å². The van der Waals surface area contributed by atoms with Crippen LogP contribution in [-0.2, 0) is 9.47 Å². The van der Waals surface area contributed by atoms with Gasteiger partial charge in [0.2, 0.25) is 0 Å². The molecule has 0 saturated carbocycles. The van der Waals surface area contributed by atoms with Gasteiger partial charge < -0.3 is 14.6 Å². The molecule has 0 saturated heterocycles. The molecule has 1 aromatic rings. The first-order valence-electron chi connectivity index (χ1n) is 6.21. The van der Waals surface area contributed by atoms with Crippen LogP contribution in [0.2, 0.25) is 0 Å². The number of hydrogen-bond acceptors (Lipinski definition) is 3. The summed E-state index contributed by atoms with van der Waals surface area (Å²) in [5.41, 5.74) is 0.556. The van der Waals surface area contributed by atoms with Crippen molar-refractivity contribution < 1.29 is 19.0 Å². The average Bonchev–Trinajstić information content (AvgIpc) is 2.39. The molecular formula is C14H21FO3. The number of hydrogen-bond donors (Lipinski definition) is 1. The zero-order valence-electron chi connectivity index (χ0n) is 10.8. The van der Waals surface area contributed by atoms with Crippen LogP contribution in [-0.4, -0.2) is 38.6 Å². The average molecular weight is 256 g/mol. The second kappa shape index (κ2) is 9.03. The van der Waals surface area contributed by atoms with E-state index in [0.717, 1.165) is 6.42 Å². The van der Waals surface area contributed by atoms with Gasteiger partial charge in [-0.2, -0.15) is 0 Å². The van der Waals surface area contributed by atoms with Gasteiger partial charge in [-0.3, -0.25) is 0 Å². The van der Waals surface area contributed by atoms with E-state index in [1.807, 2.05) is 0 Å². The zero-order chi connectivity index (χ0) is 13.2. The number of halogens is 1. The normalized spacial score (nSPS) is 12.6. The Bertz CT molecular complexity index is 331. The summed E-state index contributed by atoms with van der Waals surface area (Å²) in [6.45, 7) is 1.76. The molecule has 18 heavy (non-hydrogen) atoms. The number of benzene rings is 1. The summed E-state index contributed by atoms with van der Waals surface area (Å²) >= 11 is 0. The molecule has 0 aliphatic rings. The van der Waals surface area contributed by atoms with Crippen LogP contribution in [0.5, 0.6) is 0 Å². The maximum absolute atomic E-state index is 13.5. The maximum atomic E-state index is 13.5. The van der Waals surface area contributed by atoms with Crippen LogP contribution < -0.4 is 0 Å². The SMILES string of the molecule is COCCCOCCC(CO)c1ccccc1F. The van der Waals surface area contributed by atoms with E-state index < -0.39 is 0 Å². The van der Waals surface area contributed by atoms with Gasteiger partial charge in [-0.05, 0) is 24.5 Å². The summed E-state index contributed by atoms with van der Waals surface area (Å²) < 4.78 is 23.9. The lowest BCUT2D eigenvalue weighted by Gasteiger charge is -2.15. The molecule has 102 valence electrons. The van der Waals surface area contributed by atoms with Crippen LogP contribution in [0.15, 0.2) is 24.3 Å². The van der Waals surface area contributed by atoms with E-state index in [1.165, 1.54) is 6.07 Å². The van der Waals surface area contributed by atoms with Crippen molar-refractivity contribution in [3.63, 3.8) is 0 Å². The van der Waals surface area contributed by atoms with E-state index in [0.29, 0.717) is 31.8 Å². The van der Waals surface area contributed by atoms with Crippen molar-refractivity contribution in [2.24, 2.45) is 0 Å². The molecule has 3 nitrogen and oxygen atoms in total. The highest BCUT2D eigenvalue weighted by molar-refractivity contribution is 5.21. The van der Waals surface area contributed by atoms with Crippen molar-refractivity contribution in [1.82, 2.24) is 0 Å². The second-order valence-electron chi connectivity index (χ2n) is 4.15. The lowest BCUT2D eigenvalue weighted by Crippen LogP contribution is -2.10. The highest BCUT2D eigenvalue weighted by Crippen LogP contribution is 2.21. The molecule has 4 heteroatoms. The molecular weight excluding hydrogens is 235 g/mol. The van der Waals surface area contributed by atoms with Crippen molar-refractivity contribution in [3.05, 3.63) is 35.6 Å². The van der Waals surface area contributed by atoms with Crippen molar-refractivity contribution in [2.45, 2.75) is 18.8 Å². The first kappa shape index (κ1) is 15.1. The summed E-state index contributed by atoms with van der Waals surface area (Å²) in [7, 11) is 1.65. The number of rotatable bonds is 9. The highest BCUT2D eigenvalue weighted by Gasteiger charge is 2.14. The van der Waals surface area contributed by atoms with Crippen LogP contribution in [0, 0.1) is 5.82 Å². The van der Waals surface area contributed by atoms with Crippen molar-refractivity contribution in [3.8, 4) is 0 Å².